The molecule has 0 saturated carbocycles. The number of rotatable bonds is 7. The van der Waals surface area contributed by atoms with E-state index in [-0.39, 0.29) is 11.9 Å². The summed E-state index contributed by atoms with van der Waals surface area (Å²) in [5.74, 6) is 0.790. The molecular formula is C15H32N4O. The highest BCUT2D eigenvalue weighted by Crippen LogP contribution is 2.09. The van der Waals surface area contributed by atoms with E-state index in [0.717, 1.165) is 39.1 Å². The molecule has 0 bridgehead atoms. The fourth-order valence-electron chi connectivity index (χ4n) is 2.51. The fourth-order valence-corrected chi connectivity index (χ4v) is 2.51. The molecule has 0 spiro atoms. The number of carbonyl (C=O) groups is 1. The van der Waals surface area contributed by atoms with E-state index in [1.54, 1.807) is 0 Å². The van der Waals surface area contributed by atoms with Gasteiger partial charge in [-0.2, -0.15) is 0 Å². The van der Waals surface area contributed by atoms with E-state index in [2.05, 4.69) is 35.9 Å². The molecule has 1 aliphatic heterocycles. The number of nitrogens with zero attached hydrogens (tertiary/aromatic N) is 2. The number of amides is 1. The standard InChI is InChI=1S/C15H32N4O/c1-12(2)5-6-17-15(20)14(4)19-9-7-18(8-10-19)13(3)11-16/h12-14H,5-11,16H2,1-4H3,(H,17,20). The Morgan fingerprint density at radius 1 is 1.10 bits per heavy atom. The van der Waals surface area contributed by atoms with E-state index in [1.807, 2.05) is 6.92 Å². The van der Waals surface area contributed by atoms with Crippen molar-refractivity contribution in [2.24, 2.45) is 11.7 Å². The normalized spacial score (nSPS) is 20.9. The molecule has 3 N–H and O–H groups in total. The number of nitrogens with one attached hydrogen (secondary N) is 1. The molecule has 1 fully saturated rings. The summed E-state index contributed by atoms with van der Waals surface area (Å²) in [6.45, 7) is 13.9. The number of hydrogen-bond acceptors (Lipinski definition) is 4. The molecule has 1 saturated heterocycles. The Balaban J connectivity index is 2.31. The SMILES string of the molecule is CC(C)CCNC(=O)C(C)N1CCN(C(C)CN)CC1. The lowest BCUT2D eigenvalue weighted by Crippen LogP contribution is -2.56. The molecule has 1 aliphatic rings. The summed E-state index contributed by atoms with van der Waals surface area (Å²) in [6, 6.07) is 0.407. The van der Waals surface area contributed by atoms with Crippen molar-refractivity contribution in [1.29, 1.82) is 0 Å². The molecule has 0 aliphatic carbocycles. The van der Waals surface area contributed by atoms with E-state index in [9.17, 15) is 4.79 Å². The summed E-state index contributed by atoms with van der Waals surface area (Å²) < 4.78 is 0. The zero-order valence-corrected chi connectivity index (χ0v) is 13.6. The van der Waals surface area contributed by atoms with Gasteiger partial charge >= 0.3 is 0 Å². The summed E-state index contributed by atoms with van der Waals surface area (Å²) in [7, 11) is 0. The predicted molar refractivity (Wildman–Crippen MR) is 83.6 cm³/mol. The van der Waals surface area contributed by atoms with Crippen LogP contribution < -0.4 is 11.1 Å². The van der Waals surface area contributed by atoms with Gasteiger partial charge in [0.1, 0.15) is 0 Å². The van der Waals surface area contributed by atoms with Gasteiger partial charge in [0.15, 0.2) is 0 Å². The third-order valence-electron chi connectivity index (χ3n) is 4.26. The van der Waals surface area contributed by atoms with Crippen LogP contribution in [0.4, 0.5) is 0 Å². The van der Waals surface area contributed by atoms with Crippen molar-refractivity contribution in [3.05, 3.63) is 0 Å². The van der Waals surface area contributed by atoms with Gasteiger partial charge in [0.25, 0.3) is 0 Å². The molecule has 0 aromatic rings. The molecule has 5 heteroatoms. The maximum atomic E-state index is 12.1. The average molecular weight is 284 g/mol. The zero-order chi connectivity index (χ0) is 15.1. The molecule has 0 aromatic carbocycles. The minimum atomic E-state index is -0.0301. The molecular weight excluding hydrogens is 252 g/mol. The third-order valence-corrected chi connectivity index (χ3v) is 4.26. The van der Waals surface area contributed by atoms with Crippen LogP contribution in [0.3, 0.4) is 0 Å². The van der Waals surface area contributed by atoms with Gasteiger partial charge in [-0.1, -0.05) is 13.8 Å². The molecule has 0 radical (unpaired) electrons. The Bertz CT molecular complexity index is 288. The van der Waals surface area contributed by atoms with Crippen molar-refractivity contribution in [3.8, 4) is 0 Å². The Labute approximate surface area is 123 Å². The van der Waals surface area contributed by atoms with Gasteiger partial charge in [-0.05, 0) is 26.2 Å². The molecule has 5 nitrogen and oxygen atoms in total. The lowest BCUT2D eigenvalue weighted by molar-refractivity contribution is -0.126. The molecule has 1 rings (SSSR count). The molecule has 2 unspecified atom stereocenters. The number of piperazine rings is 1. The monoisotopic (exact) mass is 284 g/mol. The van der Waals surface area contributed by atoms with Gasteiger partial charge in [-0.25, -0.2) is 0 Å². The fraction of sp³-hybridized carbons (Fsp3) is 0.933. The largest absolute Gasteiger partial charge is 0.355 e. The van der Waals surface area contributed by atoms with Gasteiger partial charge < -0.3 is 11.1 Å². The van der Waals surface area contributed by atoms with Gasteiger partial charge in [0, 0.05) is 45.3 Å². The van der Waals surface area contributed by atoms with Crippen molar-refractivity contribution < 1.29 is 4.79 Å². The van der Waals surface area contributed by atoms with Crippen LogP contribution >= 0.6 is 0 Å². The van der Waals surface area contributed by atoms with E-state index in [4.69, 9.17) is 5.73 Å². The first-order valence-electron chi connectivity index (χ1n) is 7.91. The zero-order valence-electron chi connectivity index (χ0n) is 13.6. The smallest absolute Gasteiger partial charge is 0.237 e. The number of carbonyl (C=O) groups excluding carboxylic acids is 1. The summed E-state index contributed by atoms with van der Waals surface area (Å²) >= 11 is 0. The molecule has 1 amide bonds. The van der Waals surface area contributed by atoms with Crippen LogP contribution in [-0.2, 0) is 4.79 Å². The second kappa shape index (κ2) is 8.60. The quantitative estimate of drug-likeness (QED) is 0.715. The Hall–Kier alpha value is -0.650. The Morgan fingerprint density at radius 2 is 1.65 bits per heavy atom. The predicted octanol–water partition coefficient (Wildman–Crippen LogP) is 0.502. The molecule has 0 aromatic heterocycles. The first-order valence-corrected chi connectivity index (χ1v) is 7.91. The van der Waals surface area contributed by atoms with Crippen LogP contribution in [0.5, 0.6) is 0 Å². The van der Waals surface area contributed by atoms with Crippen LogP contribution in [0.25, 0.3) is 0 Å². The summed E-state index contributed by atoms with van der Waals surface area (Å²) in [4.78, 5) is 16.8. The Kier molecular flexibility index (Phi) is 7.48. The minimum Gasteiger partial charge on any atom is -0.355 e. The first kappa shape index (κ1) is 17.4. The van der Waals surface area contributed by atoms with E-state index in [0.29, 0.717) is 18.5 Å². The lowest BCUT2D eigenvalue weighted by atomic mass is 10.1. The second-order valence-electron chi connectivity index (χ2n) is 6.31. The van der Waals surface area contributed by atoms with Crippen LogP contribution in [0.1, 0.15) is 34.1 Å². The number of hydrogen-bond donors (Lipinski definition) is 2. The van der Waals surface area contributed by atoms with Gasteiger partial charge in [-0.3, -0.25) is 14.6 Å². The second-order valence-corrected chi connectivity index (χ2v) is 6.31. The third kappa shape index (κ3) is 5.38. The van der Waals surface area contributed by atoms with Gasteiger partial charge in [-0.15, -0.1) is 0 Å². The highest BCUT2D eigenvalue weighted by Gasteiger charge is 2.26. The van der Waals surface area contributed by atoms with Crippen LogP contribution in [0.15, 0.2) is 0 Å². The summed E-state index contributed by atoms with van der Waals surface area (Å²) in [5, 5.41) is 3.04. The maximum absolute atomic E-state index is 12.1. The van der Waals surface area contributed by atoms with Gasteiger partial charge in [0.2, 0.25) is 5.91 Å². The van der Waals surface area contributed by atoms with E-state index < -0.39 is 0 Å². The van der Waals surface area contributed by atoms with E-state index >= 15 is 0 Å². The molecule has 118 valence electrons. The number of nitrogens with two attached hydrogens (primary N) is 1. The van der Waals surface area contributed by atoms with Crippen LogP contribution in [0, 0.1) is 5.92 Å². The van der Waals surface area contributed by atoms with Crippen molar-refractivity contribution in [2.45, 2.75) is 46.2 Å². The topological polar surface area (TPSA) is 61.6 Å². The highest BCUT2D eigenvalue weighted by molar-refractivity contribution is 5.81. The van der Waals surface area contributed by atoms with Crippen molar-refractivity contribution in [1.82, 2.24) is 15.1 Å². The lowest BCUT2D eigenvalue weighted by Gasteiger charge is -2.39. The first-order chi connectivity index (χ1) is 9.45. The van der Waals surface area contributed by atoms with Crippen LogP contribution in [0.2, 0.25) is 0 Å². The molecule has 2 atom stereocenters. The summed E-state index contributed by atoms with van der Waals surface area (Å²) in [5.41, 5.74) is 5.71. The van der Waals surface area contributed by atoms with E-state index in [1.165, 1.54) is 0 Å². The maximum Gasteiger partial charge on any atom is 0.237 e. The molecule has 20 heavy (non-hydrogen) atoms. The van der Waals surface area contributed by atoms with Crippen LogP contribution in [-0.4, -0.2) is 67.1 Å². The van der Waals surface area contributed by atoms with Crippen molar-refractivity contribution in [3.63, 3.8) is 0 Å². The minimum absolute atomic E-state index is 0.0301. The average Bonchev–Trinajstić information content (AvgIpc) is 2.45. The summed E-state index contributed by atoms with van der Waals surface area (Å²) in [6.07, 6.45) is 1.04. The van der Waals surface area contributed by atoms with Gasteiger partial charge in [0.05, 0.1) is 6.04 Å². The van der Waals surface area contributed by atoms with Crippen molar-refractivity contribution >= 4 is 5.91 Å². The highest BCUT2D eigenvalue weighted by atomic mass is 16.2. The Morgan fingerprint density at radius 3 is 2.15 bits per heavy atom. The van der Waals surface area contributed by atoms with Crippen molar-refractivity contribution in [2.75, 3.05) is 39.3 Å². The molecule has 1 heterocycles.